The van der Waals surface area contributed by atoms with Crippen molar-refractivity contribution in [3.05, 3.63) is 70.5 Å². The smallest absolute Gasteiger partial charge is 0.193 e. The topological polar surface area (TPSA) is 24.3 Å². The van der Waals surface area contributed by atoms with Crippen LogP contribution in [0.5, 0.6) is 0 Å². The van der Waals surface area contributed by atoms with Crippen molar-refractivity contribution in [3.8, 4) is 5.13 Å². The highest BCUT2D eigenvalue weighted by Crippen LogP contribution is 2.20. The van der Waals surface area contributed by atoms with Gasteiger partial charge in [0, 0.05) is 54.7 Å². The van der Waals surface area contributed by atoms with Crippen molar-refractivity contribution in [2.24, 2.45) is 5.92 Å². The second kappa shape index (κ2) is 9.90. The van der Waals surface area contributed by atoms with Crippen LogP contribution in [0, 0.1) is 5.92 Å². The van der Waals surface area contributed by atoms with Crippen LogP contribution in [-0.2, 0) is 13.0 Å². The number of likely N-dealkylation sites (tertiary alicyclic amines) is 1. The molecule has 0 amide bonds. The van der Waals surface area contributed by atoms with Crippen LogP contribution in [-0.4, -0.2) is 52.6 Å². The minimum absolute atomic E-state index is 0.738. The van der Waals surface area contributed by atoms with E-state index in [-0.39, 0.29) is 0 Å². The third-order valence-corrected chi connectivity index (χ3v) is 6.72. The van der Waals surface area contributed by atoms with E-state index in [9.17, 15) is 0 Å². The third-order valence-electron chi connectivity index (χ3n) is 5.69. The predicted octanol–water partition coefficient (Wildman–Crippen LogP) is 4.97. The largest absolute Gasteiger partial charge is 0.303 e. The molecule has 154 valence electrons. The van der Waals surface area contributed by atoms with Crippen LogP contribution in [0.2, 0.25) is 5.02 Å². The molecule has 0 aliphatic carbocycles. The summed E-state index contributed by atoms with van der Waals surface area (Å²) in [6.07, 6.45) is 7.71. The van der Waals surface area contributed by atoms with E-state index in [1.165, 1.54) is 37.2 Å². The van der Waals surface area contributed by atoms with Gasteiger partial charge < -0.3 is 9.80 Å². The maximum absolute atomic E-state index is 6.00. The standard InChI is InChI=1S/C23H29ClN4S/c1-26(18-22-5-3-13-28(22)23-25-11-15-29-23)16-20-4-2-12-27(17-20)14-10-19-6-8-21(24)9-7-19/h3,5-9,11,13,15,20H,2,4,10,12,14,16-18H2,1H3. The van der Waals surface area contributed by atoms with Gasteiger partial charge in [-0.2, -0.15) is 0 Å². The summed E-state index contributed by atoms with van der Waals surface area (Å²) in [4.78, 5) is 9.55. The zero-order chi connectivity index (χ0) is 20.1. The Kier molecular flexibility index (Phi) is 7.03. The summed E-state index contributed by atoms with van der Waals surface area (Å²) in [5.74, 6) is 0.738. The number of nitrogens with zero attached hydrogens (tertiary/aromatic N) is 4. The lowest BCUT2D eigenvalue weighted by molar-refractivity contribution is 0.141. The highest BCUT2D eigenvalue weighted by molar-refractivity contribution is 7.12. The molecule has 0 N–H and O–H groups in total. The normalized spacial score (nSPS) is 17.8. The lowest BCUT2D eigenvalue weighted by Gasteiger charge is -2.34. The molecule has 1 fully saturated rings. The summed E-state index contributed by atoms with van der Waals surface area (Å²) >= 11 is 7.68. The van der Waals surface area contributed by atoms with Crippen molar-refractivity contribution in [2.45, 2.75) is 25.8 Å². The molecule has 1 unspecified atom stereocenters. The first-order chi connectivity index (χ1) is 14.2. The first kappa shape index (κ1) is 20.6. The molecular weight excluding hydrogens is 400 g/mol. The van der Waals surface area contributed by atoms with E-state index in [4.69, 9.17) is 11.6 Å². The second-order valence-corrected chi connectivity index (χ2v) is 9.38. The van der Waals surface area contributed by atoms with E-state index in [2.05, 4.69) is 56.9 Å². The van der Waals surface area contributed by atoms with E-state index >= 15 is 0 Å². The first-order valence-corrected chi connectivity index (χ1v) is 11.6. The molecule has 2 aromatic heterocycles. The van der Waals surface area contributed by atoms with Gasteiger partial charge in [0.15, 0.2) is 5.13 Å². The fourth-order valence-electron chi connectivity index (χ4n) is 4.29. The number of hydrogen-bond donors (Lipinski definition) is 0. The van der Waals surface area contributed by atoms with Crippen molar-refractivity contribution in [2.75, 3.05) is 33.2 Å². The Morgan fingerprint density at radius 1 is 1.24 bits per heavy atom. The zero-order valence-corrected chi connectivity index (χ0v) is 18.6. The monoisotopic (exact) mass is 428 g/mol. The Balaban J connectivity index is 1.27. The fourth-order valence-corrected chi connectivity index (χ4v) is 5.07. The number of piperidine rings is 1. The molecule has 4 nitrogen and oxygen atoms in total. The van der Waals surface area contributed by atoms with Gasteiger partial charge in [0.1, 0.15) is 0 Å². The van der Waals surface area contributed by atoms with Crippen LogP contribution in [0.3, 0.4) is 0 Å². The summed E-state index contributed by atoms with van der Waals surface area (Å²) in [5, 5.41) is 3.89. The predicted molar refractivity (Wildman–Crippen MR) is 122 cm³/mol. The molecule has 1 saturated heterocycles. The molecule has 0 spiro atoms. The maximum Gasteiger partial charge on any atom is 0.193 e. The highest BCUT2D eigenvalue weighted by atomic mass is 35.5. The Labute approximate surface area is 182 Å². The van der Waals surface area contributed by atoms with E-state index < -0.39 is 0 Å². The molecule has 6 heteroatoms. The van der Waals surface area contributed by atoms with Crippen LogP contribution >= 0.6 is 22.9 Å². The molecule has 1 aliphatic rings. The minimum atomic E-state index is 0.738. The van der Waals surface area contributed by atoms with Crippen molar-refractivity contribution in [3.63, 3.8) is 0 Å². The van der Waals surface area contributed by atoms with Crippen molar-refractivity contribution in [1.29, 1.82) is 0 Å². The Morgan fingerprint density at radius 3 is 2.90 bits per heavy atom. The fraction of sp³-hybridized carbons (Fsp3) is 0.435. The van der Waals surface area contributed by atoms with E-state index in [1.807, 2.05) is 23.7 Å². The molecule has 0 radical (unpaired) electrons. The van der Waals surface area contributed by atoms with Gasteiger partial charge in [-0.3, -0.25) is 4.57 Å². The minimum Gasteiger partial charge on any atom is -0.303 e. The first-order valence-electron chi connectivity index (χ1n) is 10.4. The Bertz CT molecular complexity index is 875. The molecule has 0 bridgehead atoms. The van der Waals surface area contributed by atoms with Crippen molar-refractivity contribution < 1.29 is 0 Å². The highest BCUT2D eigenvalue weighted by Gasteiger charge is 2.21. The SMILES string of the molecule is CN(Cc1cccn1-c1nccs1)CC1CCCN(CCc2ccc(Cl)cc2)C1. The second-order valence-electron chi connectivity index (χ2n) is 8.07. The maximum atomic E-state index is 6.00. The number of benzene rings is 1. The van der Waals surface area contributed by atoms with Gasteiger partial charge in [-0.05, 0) is 68.6 Å². The van der Waals surface area contributed by atoms with E-state index in [1.54, 1.807) is 11.3 Å². The quantitative estimate of drug-likeness (QED) is 0.506. The number of aromatic nitrogens is 2. The lowest BCUT2D eigenvalue weighted by atomic mass is 9.97. The molecule has 1 atom stereocenters. The number of rotatable bonds is 8. The summed E-state index contributed by atoms with van der Waals surface area (Å²) in [7, 11) is 2.24. The van der Waals surface area contributed by atoms with E-state index in [0.29, 0.717) is 0 Å². The summed E-state index contributed by atoms with van der Waals surface area (Å²) in [5.41, 5.74) is 2.68. The van der Waals surface area contributed by atoms with E-state index in [0.717, 1.165) is 42.1 Å². The number of thiazole rings is 1. The van der Waals surface area contributed by atoms with Gasteiger partial charge in [0.2, 0.25) is 0 Å². The molecule has 3 heterocycles. The number of hydrogen-bond acceptors (Lipinski definition) is 4. The summed E-state index contributed by atoms with van der Waals surface area (Å²) in [6, 6.07) is 12.6. The average Bonchev–Trinajstić information content (AvgIpc) is 3.39. The van der Waals surface area contributed by atoms with Gasteiger partial charge in [-0.15, -0.1) is 11.3 Å². The van der Waals surface area contributed by atoms with Crippen molar-refractivity contribution >= 4 is 22.9 Å². The third kappa shape index (κ3) is 5.70. The van der Waals surface area contributed by atoms with Gasteiger partial charge in [-0.1, -0.05) is 23.7 Å². The van der Waals surface area contributed by atoms with Gasteiger partial charge >= 0.3 is 0 Å². The van der Waals surface area contributed by atoms with Crippen LogP contribution < -0.4 is 0 Å². The lowest BCUT2D eigenvalue weighted by Crippen LogP contribution is -2.40. The summed E-state index contributed by atoms with van der Waals surface area (Å²) < 4.78 is 2.21. The van der Waals surface area contributed by atoms with Crippen LogP contribution in [0.4, 0.5) is 0 Å². The molecule has 29 heavy (non-hydrogen) atoms. The van der Waals surface area contributed by atoms with Gasteiger partial charge in [-0.25, -0.2) is 4.98 Å². The number of halogens is 1. The zero-order valence-electron chi connectivity index (χ0n) is 17.0. The Morgan fingerprint density at radius 2 is 2.10 bits per heavy atom. The Hall–Kier alpha value is -1.66. The molecule has 1 aliphatic heterocycles. The van der Waals surface area contributed by atoms with Crippen LogP contribution in [0.25, 0.3) is 5.13 Å². The summed E-state index contributed by atoms with van der Waals surface area (Å²) in [6.45, 7) is 5.65. The van der Waals surface area contributed by atoms with Gasteiger partial charge in [0.25, 0.3) is 0 Å². The molecule has 3 aromatic rings. The average molecular weight is 429 g/mol. The van der Waals surface area contributed by atoms with Crippen molar-refractivity contribution in [1.82, 2.24) is 19.4 Å². The van der Waals surface area contributed by atoms with Crippen LogP contribution in [0.1, 0.15) is 24.1 Å². The molecular formula is C23H29ClN4S. The molecule has 4 rings (SSSR count). The van der Waals surface area contributed by atoms with Gasteiger partial charge in [0.05, 0.1) is 0 Å². The molecule has 0 saturated carbocycles. The molecule has 1 aromatic carbocycles. The van der Waals surface area contributed by atoms with Crippen LogP contribution in [0.15, 0.2) is 54.2 Å².